The molecule has 1 aliphatic rings. The average molecular weight is 210 g/mol. The SMILES string of the molecule is NCCC1CCCn2cnc([N+](=O)[O-])c21. The van der Waals surface area contributed by atoms with Crippen LogP contribution in [0, 0.1) is 10.1 Å². The molecule has 1 atom stereocenters. The fourth-order valence-electron chi connectivity index (χ4n) is 2.24. The van der Waals surface area contributed by atoms with Gasteiger partial charge in [0, 0.05) is 12.5 Å². The minimum Gasteiger partial charge on any atom is -0.358 e. The highest BCUT2D eigenvalue weighted by Gasteiger charge is 2.30. The van der Waals surface area contributed by atoms with Gasteiger partial charge < -0.3 is 20.4 Å². The number of imidazole rings is 1. The molecule has 82 valence electrons. The molecule has 6 nitrogen and oxygen atoms in total. The Hall–Kier alpha value is -1.43. The summed E-state index contributed by atoms with van der Waals surface area (Å²) in [7, 11) is 0. The van der Waals surface area contributed by atoms with Gasteiger partial charge in [-0.3, -0.25) is 0 Å². The molecule has 6 heteroatoms. The molecule has 0 fully saturated rings. The average Bonchev–Trinajstić information content (AvgIpc) is 2.62. The van der Waals surface area contributed by atoms with Gasteiger partial charge in [0.1, 0.15) is 5.69 Å². The van der Waals surface area contributed by atoms with Gasteiger partial charge in [0.05, 0.1) is 0 Å². The molecule has 0 spiro atoms. The van der Waals surface area contributed by atoms with Gasteiger partial charge in [0.2, 0.25) is 6.33 Å². The lowest BCUT2D eigenvalue weighted by atomic mass is 9.92. The molecule has 0 saturated heterocycles. The second-order valence-electron chi connectivity index (χ2n) is 3.82. The van der Waals surface area contributed by atoms with Crippen LogP contribution in [-0.2, 0) is 6.54 Å². The van der Waals surface area contributed by atoms with Gasteiger partial charge >= 0.3 is 5.82 Å². The molecule has 1 aliphatic heterocycles. The first kappa shape index (κ1) is 10.1. The topological polar surface area (TPSA) is 87.0 Å². The van der Waals surface area contributed by atoms with Crippen LogP contribution < -0.4 is 5.73 Å². The molecular weight excluding hydrogens is 196 g/mol. The summed E-state index contributed by atoms with van der Waals surface area (Å²) < 4.78 is 1.89. The first-order valence-electron chi connectivity index (χ1n) is 5.13. The molecule has 0 saturated carbocycles. The van der Waals surface area contributed by atoms with Crippen LogP contribution in [-0.4, -0.2) is 21.0 Å². The first-order valence-corrected chi connectivity index (χ1v) is 5.13. The van der Waals surface area contributed by atoms with Crippen LogP contribution in [0.4, 0.5) is 5.82 Å². The van der Waals surface area contributed by atoms with Crippen LogP contribution in [0.25, 0.3) is 0 Å². The maximum atomic E-state index is 10.8. The normalized spacial score (nSPS) is 19.9. The molecular formula is C9H14N4O2. The van der Waals surface area contributed by atoms with Crippen molar-refractivity contribution in [1.82, 2.24) is 9.55 Å². The third-order valence-corrected chi connectivity index (χ3v) is 2.88. The van der Waals surface area contributed by atoms with Gasteiger partial charge in [0.15, 0.2) is 0 Å². The van der Waals surface area contributed by atoms with E-state index in [9.17, 15) is 10.1 Å². The lowest BCUT2D eigenvalue weighted by molar-refractivity contribution is -0.390. The Morgan fingerprint density at radius 1 is 1.73 bits per heavy atom. The van der Waals surface area contributed by atoms with Gasteiger partial charge in [-0.05, 0) is 35.7 Å². The zero-order valence-electron chi connectivity index (χ0n) is 8.43. The summed E-state index contributed by atoms with van der Waals surface area (Å²) in [6.07, 6.45) is 4.39. The number of nitrogens with two attached hydrogens (primary N) is 1. The van der Waals surface area contributed by atoms with Crippen molar-refractivity contribution in [1.29, 1.82) is 0 Å². The van der Waals surface area contributed by atoms with E-state index in [0.717, 1.165) is 31.5 Å². The number of aromatic nitrogens is 2. The molecule has 2 rings (SSSR count). The summed E-state index contributed by atoms with van der Waals surface area (Å²) in [4.78, 5) is 14.2. The Balaban J connectivity index is 2.38. The molecule has 0 radical (unpaired) electrons. The van der Waals surface area contributed by atoms with Gasteiger partial charge in [-0.1, -0.05) is 0 Å². The van der Waals surface area contributed by atoms with Crippen molar-refractivity contribution in [2.75, 3.05) is 6.54 Å². The summed E-state index contributed by atoms with van der Waals surface area (Å²) >= 11 is 0. The number of rotatable bonds is 3. The van der Waals surface area contributed by atoms with Crippen molar-refractivity contribution < 1.29 is 4.92 Å². The molecule has 1 aromatic heterocycles. The van der Waals surface area contributed by atoms with Crippen LogP contribution in [0.1, 0.15) is 30.9 Å². The summed E-state index contributed by atoms with van der Waals surface area (Å²) in [5, 5.41) is 10.8. The van der Waals surface area contributed by atoms with E-state index in [1.165, 1.54) is 0 Å². The van der Waals surface area contributed by atoms with Crippen molar-refractivity contribution >= 4 is 5.82 Å². The van der Waals surface area contributed by atoms with E-state index in [1.807, 2.05) is 4.57 Å². The van der Waals surface area contributed by atoms with E-state index in [2.05, 4.69) is 4.98 Å². The highest BCUT2D eigenvalue weighted by atomic mass is 16.6. The predicted octanol–water partition coefficient (Wildman–Crippen LogP) is 1.02. The smallest absolute Gasteiger partial charge is 0.358 e. The zero-order valence-corrected chi connectivity index (χ0v) is 8.43. The third-order valence-electron chi connectivity index (χ3n) is 2.88. The van der Waals surface area contributed by atoms with Gasteiger partial charge in [0.25, 0.3) is 0 Å². The van der Waals surface area contributed by atoms with Crippen LogP contribution in [0.2, 0.25) is 0 Å². The molecule has 1 unspecified atom stereocenters. The fraction of sp³-hybridized carbons (Fsp3) is 0.667. The van der Waals surface area contributed by atoms with E-state index in [1.54, 1.807) is 6.33 Å². The zero-order chi connectivity index (χ0) is 10.8. The second-order valence-corrected chi connectivity index (χ2v) is 3.82. The summed E-state index contributed by atoms with van der Waals surface area (Å²) in [6.45, 7) is 1.39. The Bertz CT molecular complexity index is 374. The maximum Gasteiger partial charge on any atom is 0.385 e. The lowest BCUT2D eigenvalue weighted by Gasteiger charge is -2.22. The van der Waals surface area contributed by atoms with Crippen LogP contribution in [0.3, 0.4) is 0 Å². The van der Waals surface area contributed by atoms with Gasteiger partial charge in [-0.15, -0.1) is 0 Å². The Morgan fingerprint density at radius 3 is 3.20 bits per heavy atom. The molecule has 0 aromatic carbocycles. The van der Waals surface area contributed by atoms with E-state index in [0.29, 0.717) is 6.54 Å². The van der Waals surface area contributed by atoms with Crippen LogP contribution in [0.15, 0.2) is 6.33 Å². The molecule has 1 aromatic rings. The van der Waals surface area contributed by atoms with E-state index in [-0.39, 0.29) is 11.7 Å². The van der Waals surface area contributed by atoms with Crippen LogP contribution in [0.5, 0.6) is 0 Å². The van der Waals surface area contributed by atoms with E-state index in [4.69, 9.17) is 5.73 Å². The van der Waals surface area contributed by atoms with Gasteiger partial charge in [-0.25, -0.2) is 0 Å². The van der Waals surface area contributed by atoms with Crippen molar-refractivity contribution in [3.8, 4) is 0 Å². The molecule has 0 amide bonds. The summed E-state index contributed by atoms with van der Waals surface area (Å²) in [5.41, 5.74) is 6.27. The molecule has 0 bridgehead atoms. The van der Waals surface area contributed by atoms with E-state index >= 15 is 0 Å². The predicted molar refractivity (Wildman–Crippen MR) is 54.5 cm³/mol. The van der Waals surface area contributed by atoms with E-state index < -0.39 is 4.92 Å². The molecule has 0 aliphatic carbocycles. The molecule has 2 heterocycles. The standard InChI is InChI=1S/C9H14N4O2/c10-4-3-7-2-1-5-12-6-11-9(8(7)12)13(14)15/h6-7H,1-5,10H2. The lowest BCUT2D eigenvalue weighted by Crippen LogP contribution is -2.18. The largest absolute Gasteiger partial charge is 0.385 e. The highest BCUT2D eigenvalue weighted by Crippen LogP contribution is 2.34. The number of fused-ring (bicyclic) bond motifs is 1. The third kappa shape index (κ3) is 1.72. The number of nitro groups is 1. The van der Waals surface area contributed by atoms with Crippen molar-refractivity contribution in [3.05, 3.63) is 22.1 Å². The molecule has 2 N–H and O–H groups in total. The second kappa shape index (κ2) is 3.98. The highest BCUT2D eigenvalue weighted by molar-refractivity contribution is 5.31. The number of nitrogens with zero attached hydrogens (tertiary/aromatic N) is 3. The molecule has 15 heavy (non-hydrogen) atoms. The van der Waals surface area contributed by atoms with Crippen molar-refractivity contribution in [2.45, 2.75) is 31.7 Å². The number of aryl methyl sites for hydroxylation is 1. The number of hydrogen-bond acceptors (Lipinski definition) is 4. The minimum absolute atomic E-state index is 0.00755. The summed E-state index contributed by atoms with van der Waals surface area (Å²) in [5.74, 6) is 0.208. The first-order chi connectivity index (χ1) is 7.24. The van der Waals surface area contributed by atoms with Crippen LogP contribution >= 0.6 is 0 Å². The Kier molecular flexibility index (Phi) is 2.68. The number of hydrogen-bond donors (Lipinski definition) is 1. The fourth-order valence-corrected chi connectivity index (χ4v) is 2.24. The van der Waals surface area contributed by atoms with Crippen molar-refractivity contribution in [2.24, 2.45) is 5.73 Å². The minimum atomic E-state index is -0.402. The maximum absolute atomic E-state index is 10.8. The van der Waals surface area contributed by atoms with Gasteiger partial charge in [-0.2, -0.15) is 0 Å². The summed E-state index contributed by atoms with van der Waals surface area (Å²) in [6, 6.07) is 0. The Labute approximate surface area is 87.2 Å². The quantitative estimate of drug-likeness (QED) is 0.596. The van der Waals surface area contributed by atoms with Crippen molar-refractivity contribution in [3.63, 3.8) is 0 Å². The monoisotopic (exact) mass is 210 g/mol. The Morgan fingerprint density at radius 2 is 2.53 bits per heavy atom.